The number of anilines is 1. The van der Waals surface area contributed by atoms with Gasteiger partial charge in [0, 0.05) is 24.1 Å². The first-order valence-electron chi connectivity index (χ1n) is 11.2. The number of nitrogens with one attached hydrogen (secondary N) is 2. The van der Waals surface area contributed by atoms with Gasteiger partial charge in [0.1, 0.15) is 0 Å². The Bertz CT molecular complexity index is 1340. The number of aromatic nitrogens is 1. The van der Waals surface area contributed by atoms with Crippen LogP contribution in [0.15, 0.2) is 72.9 Å². The highest BCUT2D eigenvalue weighted by atomic mass is 35.6. The van der Waals surface area contributed by atoms with Gasteiger partial charge in [-0.3, -0.25) is 24.3 Å². The molecular formula is C26H23Cl3N4O4S. The summed E-state index contributed by atoms with van der Waals surface area (Å²) < 4.78 is 2.42. The summed E-state index contributed by atoms with van der Waals surface area (Å²) in [6.07, 6.45) is 2.30. The summed E-state index contributed by atoms with van der Waals surface area (Å²) in [5.74, 6) is -1.95. The van der Waals surface area contributed by atoms with Gasteiger partial charge in [-0.2, -0.15) is 0 Å². The minimum absolute atomic E-state index is 0.179. The minimum Gasteiger partial charge on any atom is -0.469 e. The number of methoxy groups -OCH3 is 1. The van der Waals surface area contributed by atoms with Gasteiger partial charge in [-0.25, -0.2) is 0 Å². The molecule has 2 N–H and O–H groups in total. The quantitative estimate of drug-likeness (QED) is 0.121. The van der Waals surface area contributed by atoms with Gasteiger partial charge in [0.05, 0.1) is 24.7 Å². The van der Waals surface area contributed by atoms with Crippen molar-refractivity contribution >= 4 is 92.6 Å². The molecule has 12 heteroatoms. The van der Waals surface area contributed by atoms with Gasteiger partial charge < -0.3 is 15.4 Å². The fourth-order valence-electron chi connectivity index (χ4n) is 3.40. The molecule has 0 saturated heterocycles. The molecule has 0 aliphatic heterocycles. The number of pyridine rings is 1. The van der Waals surface area contributed by atoms with Gasteiger partial charge in [-0.05, 0) is 36.0 Å². The topological polar surface area (TPSA) is 101 Å². The number of carbonyl (C=O) groups excluding carboxylic acids is 3. The number of halogens is 3. The monoisotopic (exact) mass is 592 g/mol. The van der Waals surface area contributed by atoms with Crippen molar-refractivity contribution in [3.05, 3.63) is 78.5 Å². The maximum Gasteiger partial charge on any atom is 0.306 e. The Morgan fingerprint density at radius 1 is 1.05 bits per heavy atom. The van der Waals surface area contributed by atoms with E-state index in [4.69, 9.17) is 47.0 Å². The van der Waals surface area contributed by atoms with Crippen LogP contribution < -0.4 is 10.6 Å². The Kier molecular flexibility index (Phi) is 10.4. The first kappa shape index (κ1) is 29.3. The SMILES string of the molecule is COC(=O)CCC(=O)N(C(=S)Nc1cccc2cccnc12)C(NC(=O)/C=C/c1ccccc1)C(Cl)(Cl)Cl. The van der Waals surface area contributed by atoms with Gasteiger partial charge in [-0.1, -0.05) is 83.3 Å². The lowest BCUT2D eigenvalue weighted by atomic mass is 10.2. The minimum atomic E-state index is -2.21. The molecule has 2 aromatic carbocycles. The smallest absolute Gasteiger partial charge is 0.306 e. The first-order chi connectivity index (χ1) is 18.1. The molecule has 0 aliphatic carbocycles. The molecule has 0 spiro atoms. The molecule has 198 valence electrons. The number of rotatable bonds is 8. The summed E-state index contributed by atoms with van der Waals surface area (Å²) in [5, 5.41) is 6.14. The van der Waals surface area contributed by atoms with Crippen molar-refractivity contribution < 1.29 is 19.1 Å². The van der Waals surface area contributed by atoms with Crippen LogP contribution in [0.5, 0.6) is 0 Å². The number of hydrogen-bond acceptors (Lipinski definition) is 6. The van der Waals surface area contributed by atoms with Gasteiger partial charge in [-0.15, -0.1) is 0 Å². The van der Waals surface area contributed by atoms with Crippen LogP contribution >= 0.6 is 47.0 Å². The third-order valence-corrected chi connectivity index (χ3v) is 6.13. The van der Waals surface area contributed by atoms with Crippen LogP contribution in [0.4, 0.5) is 5.69 Å². The van der Waals surface area contributed by atoms with Gasteiger partial charge in [0.2, 0.25) is 15.6 Å². The zero-order chi connectivity index (χ0) is 27.7. The molecule has 0 aliphatic rings. The zero-order valence-corrected chi connectivity index (χ0v) is 23.2. The van der Waals surface area contributed by atoms with E-state index in [1.54, 1.807) is 42.6 Å². The average molecular weight is 594 g/mol. The van der Waals surface area contributed by atoms with Crippen LogP contribution in [-0.4, -0.2) is 49.8 Å². The number of carbonyl (C=O) groups is 3. The molecule has 0 radical (unpaired) electrons. The average Bonchev–Trinajstić information content (AvgIpc) is 2.90. The molecule has 0 bridgehead atoms. The highest BCUT2D eigenvalue weighted by Crippen LogP contribution is 2.33. The number of fused-ring (bicyclic) bond motifs is 1. The summed E-state index contributed by atoms with van der Waals surface area (Å²) in [5.41, 5.74) is 1.83. The normalized spacial score (nSPS) is 12.1. The van der Waals surface area contributed by atoms with Gasteiger partial charge in [0.25, 0.3) is 0 Å². The number of thiocarbonyl (C=S) groups is 1. The van der Waals surface area contributed by atoms with E-state index >= 15 is 0 Å². The standard InChI is InChI=1S/C26H23Cl3N4O4S/c1-37-22(36)15-14-21(35)33(25(38)31-19-11-5-9-18-10-6-16-30-23(18)19)24(26(27,28)29)32-20(34)13-12-17-7-3-2-4-8-17/h2-13,16,24H,14-15H2,1H3,(H,31,38)(H,32,34)/b13-12+. The molecule has 1 heterocycles. The summed E-state index contributed by atoms with van der Waals surface area (Å²) >= 11 is 24.3. The molecule has 1 atom stereocenters. The number of amides is 2. The Hall–Kier alpha value is -3.24. The van der Waals surface area contributed by atoms with Crippen molar-refractivity contribution in [1.82, 2.24) is 15.2 Å². The van der Waals surface area contributed by atoms with E-state index in [0.29, 0.717) is 11.2 Å². The molecule has 1 unspecified atom stereocenters. The molecule has 0 saturated carbocycles. The highest BCUT2D eigenvalue weighted by molar-refractivity contribution is 7.80. The molecule has 1 aromatic heterocycles. The molecule has 38 heavy (non-hydrogen) atoms. The summed E-state index contributed by atoms with van der Waals surface area (Å²) in [6, 6.07) is 18.1. The maximum atomic E-state index is 13.3. The van der Waals surface area contributed by atoms with E-state index in [1.807, 2.05) is 30.3 Å². The van der Waals surface area contributed by atoms with Crippen molar-refractivity contribution in [2.24, 2.45) is 0 Å². The molecule has 8 nitrogen and oxygen atoms in total. The molecule has 2 amide bonds. The fourth-order valence-corrected chi connectivity index (χ4v) is 4.17. The lowest BCUT2D eigenvalue weighted by Gasteiger charge is -2.36. The second kappa shape index (κ2) is 13.5. The van der Waals surface area contributed by atoms with E-state index in [-0.39, 0.29) is 18.0 Å². The van der Waals surface area contributed by atoms with Crippen molar-refractivity contribution in [2.45, 2.75) is 22.8 Å². The van der Waals surface area contributed by atoms with Crippen molar-refractivity contribution in [2.75, 3.05) is 12.4 Å². The molecular weight excluding hydrogens is 571 g/mol. The molecule has 3 aromatic rings. The third-order valence-electron chi connectivity index (χ3n) is 5.21. The van der Waals surface area contributed by atoms with Crippen LogP contribution in [0.3, 0.4) is 0 Å². The van der Waals surface area contributed by atoms with Crippen LogP contribution in [0, 0.1) is 0 Å². The van der Waals surface area contributed by atoms with Gasteiger partial charge in [0.15, 0.2) is 11.3 Å². The number of esters is 1. The lowest BCUT2D eigenvalue weighted by molar-refractivity contribution is -0.143. The van der Waals surface area contributed by atoms with E-state index < -0.39 is 27.7 Å². The second-order valence-electron chi connectivity index (χ2n) is 7.85. The third kappa shape index (κ3) is 8.13. The number of ether oxygens (including phenoxy) is 1. The van der Waals surface area contributed by atoms with Crippen molar-refractivity contribution in [3.63, 3.8) is 0 Å². The number of alkyl halides is 3. The van der Waals surface area contributed by atoms with Crippen molar-refractivity contribution in [3.8, 4) is 0 Å². The summed E-state index contributed by atoms with van der Waals surface area (Å²) in [6.45, 7) is 0. The van der Waals surface area contributed by atoms with Crippen LogP contribution in [0.1, 0.15) is 18.4 Å². The predicted octanol–water partition coefficient (Wildman–Crippen LogP) is 5.24. The summed E-state index contributed by atoms with van der Waals surface area (Å²) in [4.78, 5) is 43.1. The van der Waals surface area contributed by atoms with Crippen LogP contribution in [0.25, 0.3) is 17.0 Å². The predicted molar refractivity (Wildman–Crippen MR) is 154 cm³/mol. The summed E-state index contributed by atoms with van der Waals surface area (Å²) in [7, 11) is 1.20. The van der Waals surface area contributed by atoms with E-state index in [1.165, 1.54) is 13.2 Å². The number of nitrogens with zero attached hydrogens (tertiary/aromatic N) is 2. The number of benzene rings is 2. The fraction of sp³-hybridized carbons (Fsp3) is 0.192. The largest absolute Gasteiger partial charge is 0.469 e. The van der Waals surface area contributed by atoms with Crippen LogP contribution in [0.2, 0.25) is 0 Å². The van der Waals surface area contributed by atoms with Gasteiger partial charge >= 0.3 is 5.97 Å². The Balaban J connectivity index is 1.93. The zero-order valence-electron chi connectivity index (χ0n) is 20.1. The second-order valence-corrected chi connectivity index (χ2v) is 10.6. The Labute approximate surface area is 239 Å². The number of para-hydroxylation sites is 1. The molecule has 0 fully saturated rings. The maximum absolute atomic E-state index is 13.3. The van der Waals surface area contributed by atoms with Crippen LogP contribution in [-0.2, 0) is 19.1 Å². The van der Waals surface area contributed by atoms with E-state index in [9.17, 15) is 14.4 Å². The first-order valence-corrected chi connectivity index (χ1v) is 12.8. The van der Waals surface area contributed by atoms with Crippen molar-refractivity contribution in [1.29, 1.82) is 0 Å². The van der Waals surface area contributed by atoms with E-state index in [2.05, 4.69) is 20.4 Å². The Morgan fingerprint density at radius 2 is 1.76 bits per heavy atom. The lowest BCUT2D eigenvalue weighted by Crippen LogP contribution is -2.60. The highest BCUT2D eigenvalue weighted by Gasteiger charge is 2.42. The molecule has 3 rings (SSSR count). The number of hydrogen-bond donors (Lipinski definition) is 2. The van der Waals surface area contributed by atoms with E-state index in [0.717, 1.165) is 15.8 Å². The Morgan fingerprint density at radius 3 is 2.45 bits per heavy atom.